The zero-order chi connectivity index (χ0) is 54.2. The largest absolute Gasteiger partial charge is 0.472 e. The summed E-state index contributed by atoms with van der Waals surface area (Å²) in [6.07, 6.45) is 38.3. The van der Waals surface area contributed by atoms with E-state index in [-0.39, 0.29) is 56.4 Å². The highest BCUT2D eigenvalue weighted by Crippen LogP contribution is 2.43. The van der Waals surface area contributed by atoms with E-state index < -0.39 is 44.3 Å². The van der Waals surface area contributed by atoms with Gasteiger partial charge < -0.3 is 35.1 Å². The van der Waals surface area contributed by atoms with Crippen LogP contribution in [0, 0.1) is 0 Å². The highest BCUT2D eigenvalue weighted by Gasteiger charge is 2.25. The van der Waals surface area contributed by atoms with Crippen molar-refractivity contribution in [3.8, 4) is 6.01 Å². The van der Waals surface area contributed by atoms with Crippen molar-refractivity contribution < 1.29 is 47.1 Å². The van der Waals surface area contributed by atoms with Crippen LogP contribution in [0.4, 0.5) is 5.82 Å². The van der Waals surface area contributed by atoms with Crippen molar-refractivity contribution in [2.24, 2.45) is 0 Å². The molecule has 1 amide bonds. The fraction of sp³-hybridized carbons (Fsp3) is 0.684. The number of aromatic amines is 1. The first kappa shape index (κ1) is 64.5. The number of rotatable bonds is 46. The van der Waals surface area contributed by atoms with Gasteiger partial charge in [0.1, 0.15) is 5.52 Å². The molecular weight excluding hydrogens is 976 g/mol. The molecular formula is C57H93N6O11P. The molecule has 0 spiro atoms. The standard InChI is InChI=1S/C57H93N6O11P/c1-4-7-9-11-13-15-17-19-21-23-25-27-29-31-33-35-49(64)73-51(74-50(65)36-34-32-30-28-26-24-22-20-18-16-14-12-10-8-5-2)41-44-71-75(68,69)72-45-42-59-55(66)48-39-37-47(38-40-48)46-63-54-52(60-57(63)67)53(58)61-56(62-54)70-43-6-3/h19-22,37-40,51H,4-18,23-36,41-46H2,1-3H3,(H,59,66)(H,60,67)(H,68,69)(H2,58,61,62)/b21-19+,22-20+. The number of phosphoric ester groups is 1. The number of phosphoric acid groups is 1. The lowest BCUT2D eigenvalue weighted by molar-refractivity contribution is -0.190. The van der Waals surface area contributed by atoms with E-state index >= 15 is 0 Å². The number of ether oxygens (including phenoxy) is 3. The highest BCUT2D eigenvalue weighted by atomic mass is 31.2. The van der Waals surface area contributed by atoms with Crippen LogP contribution in [0.5, 0.6) is 6.01 Å². The molecule has 0 saturated carbocycles. The molecule has 1 unspecified atom stereocenters. The second kappa shape index (κ2) is 40.4. The fourth-order valence-corrected chi connectivity index (χ4v) is 9.07. The Kier molecular flexibility index (Phi) is 34.7. The number of hydrogen-bond donors (Lipinski definition) is 4. The smallest absolute Gasteiger partial charge is 0.463 e. The van der Waals surface area contributed by atoms with Crippen LogP contribution in [-0.2, 0) is 39.2 Å². The third-order valence-corrected chi connectivity index (χ3v) is 13.7. The van der Waals surface area contributed by atoms with Gasteiger partial charge in [0.2, 0.25) is 6.29 Å². The summed E-state index contributed by atoms with van der Waals surface area (Å²) in [4.78, 5) is 73.0. The molecule has 17 nitrogen and oxygen atoms in total. The van der Waals surface area contributed by atoms with Crippen LogP contribution in [-0.4, -0.2) is 74.9 Å². The van der Waals surface area contributed by atoms with Crippen LogP contribution in [0.25, 0.3) is 11.2 Å². The van der Waals surface area contributed by atoms with Gasteiger partial charge in [-0.15, -0.1) is 0 Å². The van der Waals surface area contributed by atoms with Crippen LogP contribution in [0.15, 0.2) is 53.4 Å². The Morgan fingerprint density at radius 3 is 1.65 bits per heavy atom. The summed E-state index contributed by atoms with van der Waals surface area (Å²) < 4.78 is 41.1. The number of anilines is 1. The molecule has 2 heterocycles. The summed E-state index contributed by atoms with van der Waals surface area (Å²) in [5.74, 6) is -1.41. The van der Waals surface area contributed by atoms with E-state index in [4.69, 9.17) is 29.0 Å². The number of H-pyrrole nitrogens is 1. The third-order valence-electron chi connectivity index (χ3n) is 12.7. The maximum atomic E-state index is 12.9. The Labute approximate surface area is 447 Å². The minimum Gasteiger partial charge on any atom is -0.463 e. The number of unbranched alkanes of at least 4 members (excludes halogenated alkanes) is 22. The van der Waals surface area contributed by atoms with Crippen LogP contribution in [0.3, 0.4) is 0 Å². The number of allylic oxidation sites excluding steroid dienone is 4. The molecule has 0 aliphatic heterocycles. The van der Waals surface area contributed by atoms with Gasteiger partial charge in [-0.3, -0.25) is 28.0 Å². The molecule has 5 N–H and O–H groups in total. The number of benzene rings is 1. The number of nitrogens with two attached hydrogens (primary N) is 1. The van der Waals surface area contributed by atoms with E-state index in [0.717, 1.165) is 83.5 Å². The monoisotopic (exact) mass is 1070 g/mol. The zero-order valence-corrected chi connectivity index (χ0v) is 46.7. The lowest BCUT2D eigenvalue weighted by Gasteiger charge is -2.19. The first-order chi connectivity index (χ1) is 36.5. The molecule has 2 aromatic heterocycles. The van der Waals surface area contributed by atoms with Gasteiger partial charge in [-0.2, -0.15) is 9.97 Å². The molecule has 3 rings (SSSR count). The summed E-state index contributed by atoms with van der Waals surface area (Å²) in [7, 11) is -4.61. The SMILES string of the molecule is CCCCCCCC/C=C/CCCCCCCC(=O)OC(CCOP(=O)(O)OCCNC(=O)c1ccc(Cn2c(=O)[nH]c3c(N)nc(OCCC)nc32)cc1)OC(=O)CCCCCCC/C=C/CCCCCCCC. The first-order valence-corrected chi connectivity index (χ1v) is 30.0. The quantitative estimate of drug-likeness (QED) is 0.0135. The Bertz CT molecular complexity index is 2140. The Balaban J connectivity index is 1.39. The molecule has 0 radical (unpaired) electrons. The predicted octanol–water partition coefficient (Wildman–Crippen LogP) is 13.3. The summed E-state index contributed by atoms with van der Waals surface area (Å²) in [5, 5.41) is 2.64. The van der Waals surface area contributed by atoms with Crippen molar-refractivity contribution in [3.05, 3.63) is 70.2 Å². The van der Waals surface area contributed by atoms with Crippen LogP contribution in [0.2, 0.25) is 0 Å². The van der Waals surface area contributed by atoms with Crippen LogP contribution < -0.4 is 21.5 Å². The minimum atomic E-state index is -4.61. The molecule has 75 heavy (non-hydrogen) atoms. The average Bonchev–Trinajstić information content (AvgIpc) is 3.70. The Morgan fingerprint density at radius 1 is 0.667 bits per heavy atom. The molecule has 0 saturated heterocycles. The number of amides is 1. The van der Waals surface area contributed by atoms with E-state index in [2.05, 4.69) is 58.4 Å². The second-order valence-corrected chi connectivity index (χ2v) is 20.9. The van der Waals surface area contributed by atoms with Crippen molar-refractivity contribution in [1.29, 1.82) is 0 Å². The molecule has 3 aromatic rings. The highest BCUT2D eigenvalue weighted by molar-refractivity contribution is 7.47. The van der Waals surface area contributed by atoms with E-state index in [0.29, 0.717) is 36.1 Å². The van der Waals surface area contributed by atoms with Gasteiger partial charge in [0.25, 0.3) is 5.91 Å². The van der Waals surface area contributed by atoms with Crippen molar-refractivity contribution in [1.82, 2.24) is 24.8 Å². The minimum absolute atomic E-state index is 0.0672. The number of esters is 2. The Morgan fingerprint density at radius 2 is 1.15 bits per heavy atom. The topological polar surface area (TPSA) is 236 Å². The molecule has 0 aliphatic rings. The summed E-state index contributed by atoms with van der Waals surface area (Å²) >= 11 is 0. The number of imidazole rings is 1. The van der Waals surface area contributed by atoms with Crippen molar-refractivity contribution in [3.63, 3.8) is 0 Å². The number of nitrogens with one attached hydrogen (secondary N) is 2. The molecule has 1 atom stereocenters. The van der Waals surface area contributed by atoms with Gasteiger partial charge in [-0.25, -0.2) is 9.36 Å². The molecule has 0 aliphatic carbocycles. The molecule has 0 bridgehead atoms. The number of carbonyl (C=O) groups excluding carboxylic acids is 3. The number of nitrogen functional groups attached to an aromatic ring is 1. The van der Waals surface area contributed by atoms with Crippen molar-refractivity contribution >= 4 is 42.7 Å². The van der Waals surface area contributed by atoms with Gasteiger partial charge in [0, 0.05) is 31.4 Å². The van der Waals surface area contributed by atoms with Crippen LogP contribution >= 0.6 is 7.82 Å². The third kappa shape index (κ3) is 29.9. The molecule has 1 aromatic carbocycles. The van der Waals surface area contributed by atoms with E-state index in [1.54, 1.807) is 24.3 Å². The van der Waals surface area contributed by atoms with Crippen molar-refractivity contribution in [2.45, 2.75) is 226 Å². The van der Waals surface area contributed by atoms with Crippen LogP contribution in [0.1, 0.15) is 229 Å². The first-order valence-electron chi connectivity index (χ1n) is 28.5. The maximum Gasteiger partial charge on any atom is 0.472 e. The summed E-state index contributed by atoms with van der Waals surface area (Å²) in [6, 6.07) is 6.60. The lowest BCUT2D eigenvalue weighted by atomic mass is 10.1. The number of nitrogens with zero attached hydrogens (tertiary/aromatic N) is 3. The van der Waals surface area contributed by atoms with E-state index in [1.165, 1.54) is 81.6 Å². The second-order valence-electron chi connectivity index (χ2n) is 19.4. The van der Waals surface area contributed by atoms with Gasteiger partial charge in [0.05, 0.1) is 26.4 Å². The predicted molar refractivity (Wildman–Crippen MR) is 297 cm³/mol. The van der Waals surface area contributed by atoms with Gasteiger partial charge in [0.15, 0.2) is 11.5 Å². The maximum absolute atomic E-state index is 12.9. The molecule has 0 fully saturated rings. The van der Waals surface area contributed by atoms with Crippen molar-refractivity contribution in [2.75, 3.05) is 32.1 Å². The zero-order valence-electron chi connectivity index (χ0n) is 45.8. The number of aromatic nitrogens is 4. The van der Waals surface area contributed by atoms with Gasteiger partial charge >= 0.3 is 31.5 Å². The van der Waals surface area contributed by atoms with Gasteiger partial charge in [-0.05, 0) is 88.3 Å². The normalized spacial score (nSPS) is 12.5. The fourth-order valence-electron chi connectivity index (χ4n) is 8.34. The lowest BCUT2D eigenvalue weighted by Crippen LogP contribution is -2.27. The summed E-state index contributed by atoms with van der Waals surface area (Å²) in [6.45, 7) is 6.06. The van der Waals surface area contributed by atoms with Gasteiger partial charge in [-0.1, -0.05) is 160 Å². The summed E-state index contributed by atoms with van der Waals surface area (Å²) in [5.41, 5.74) is 7.20. The number of fused-ring (bicyclic) bond motifs is 1. The van der Waals surface area contributed by atoms with E-state index in [9.17, 15) is 28.6 Å². The Hall–Kier alpha value is -4.83. The molecule has 422 valence electrons. The number of hydrogen-bond acceptors (Lipinski definition) is 13. The molecule has 18 heteroatoms. The number of carbonyl (C=O) groups is 3. The van der Waals surface area contributed by atoms with E-state index in [1.807, 2.05) is 6.92 Å². The average molecular weight is 1070 g/mol.